The molecule has 0 aliphatic heterocycles. The van der Waals surface area contributed by atoms with Crippen LogP contribution in [0.25, 0.3) is 0 Å². The highest BCUT2D eigenvalue weighted by Gasteiger charge is 2.34. The summed E-state index contributed by atoms with van der Waals surface area (Å²) in [6.07, 6.45) is 0.276. The Kier molecular flexibility index (Phi) is 11.0. The van der Waals surface area contributed by atoms with Crippen molar-refractivity contribution >= 4 is 27.5 Å². The fraction of sp³-hybridized carbons (Fsp3) is 0.278. The van der Waals surface area contributed by atoms with Gasteiger partial charge in [-0.25, -0.2) is 8.42 Å². The minimum Gasteiger partial charge on any atom is -0.354 e. The van der Waals surface area contributed by atoms with Gasteiger partial charge < -0.3 is 10.2 Å². The zero-order valence-corrected chi connectivity index (χ0v) is 26.6. The fourth-order valence-corrected chi connectivity index (χ4v) is 6.38. The molecular formula is C36H41N3O4S. The molecular weight excluding hydrogens is 570 g/mol. The third-order valence-electron chi connectivity index (χ3n) is 7.32. The van der Waals surface area contributed by atoms with E-state index in [1.54, 1.807) is 30.3 Å². The Labute approximate surface area is 261 Å². The summed E-state index contributed by atoms with van der Waals surface area (Å²) in [6, 6.07) is 31.6. The molecule has 1 N–H and O–H groups in total. The first-order valence-electron chi connectivity index (χ1n) is 14.9. The molecule has 0 aliphatic rings. The highest BCUT2D eigenvalue weighted by atomic mass is 32.2. The lowest BCUT2D eigenvalue weighted by atomic mass is 10.0. The van der Waals surface area contributed by atoms with Crippen molar-refractivity contribution in [3.8, 4) is 0 Å². The van der Waals surface area contributed by atoms with E-state index in [1.807, 2.05) is 94.4 Å². The van der Waals surface area contributed by atoms with Gasteiger partial charge in [-0.2, -0.15) is 0 Å². The normalized spacial score (nSPS) is 12.0. The highest BCUT2D eigenvalue weighted by Crippen LogP contribution is 2.25. The van der Waals surface area contributed by atoms with E-state index in [9.17, 15) is 18.0 Å². The Morgan fingerprint density at radius 3 is 1.98 bits per heavy atom. The van der Waals surface area contributed by atoms with E-state index < -0.39 is 28.5 Å². The molecule has 7 nitrogen and oxygen atoms in total. The van der Waals surface area contributed by atoms with E-state index in [0.717, 1.165) is 26.6 Å². The number of hydrogen-bond acceptors (Lipinski definition) is 4. The number of benzene rings is 4. The first-order chi connectivity index (χ1) is 21.0. The van der Waals surface area contributed by atoms with Crippen LogP contribution in [0.3, 0.4) is 0 Å². The minimum absolute atomic E-state index is 0.0779. The number of nitrogens with one attached hydrogen (secondary N) is 1. The molecule has 0 fully saturated rings. The lowest BCUT2D eigenvalue weighted by molar-refractivity contribution is -0.140. The molecule has 1 atom stereocenters. The van der Waals surface area contributed by atoms with E-state index in [-0.39, 0.29) is 29.7 Å². The molecule has 0 spiro atoms. The lowest BCUT2D eigenvalue weighted by Crippen LogP contribution is -2.53. The summed E-state index contributed by atoms with van der Waals surface area (Å²) in [5.74, 6) is -0.547. The predicted octanol–water partition coefficient (Wildman–Crippen LogP) is 5.91. The Hall–Kier alpha value is -4.43. The lowest BCUT2D eigenvalue weighted by Gasteiger charge is -2.34. The Bertz CT molecular complexity index is 1640. The Morgan fingerprint density at radius 2 is 1.36 bits per heavy atom. The van der Waals surface area contributed by atoms with Crippen molar-refractivity contribution in [3.63, 3.8) is 0 Å². The second-order valence-corrected chi connectivity index (χ2v) is 13.4. The van der Waals surface area contributed by atoms with Gasteiger partial charge in [0, 0.05) is 19.5 Å². The number of nitrogens with zero attached hydrogens (tertiary/aromatic N) is 2. The largest absolute Gasteiger partial charge is 0.354 e. The Balaban J connectivity index is 1.79. The van der Waals surface area contributed by atoms with Crippen LogP contribution in [0.4, 0.5) is 5.69 Å². The van der Waals surface area contributed by atoms with Gasteiger partial charge in [0.2, 0.25) is 11.8 Å². The fourth-order valence-electron chi connectivity index (χ4n) is 4.94. The maximum atomic E-state index is 14.5. The van der Waals surface area contributed by atoms with Crippen LogP contribution in [-0.2, 0) is 32.6 Å². The summed E-state index contributed by atoms with van der Waals surface area (Å²) in [4.78, 5) is 29.9. The molecule has 0 aromatic heterocycles. The quantitative estimate of drug-likeness (QED) is 0.204. The van der Waals surface area contributed by atoms with Gasteiger partial charge in [0.1, 0.15) is 12.6 Å². The summed E-state index contributed by atoms with van der Waals surface area (Å²) < 4.78 is 29.2. The number of sulfonamides is 1. The molecule has 0 heterocycles. The molecule has 8 heteroatoms. The van der Waals surface area contributed by atoms with Gasteiger partial charge in [-0.1, -0.05) is 110 Å². The summed E-state index contributed by atoms with van der Waals surface area (Å²) in [5.41, 5.74) is 4.09. The van der Waals surface area contributed by atoms with Gasteiger partial charge >= 0.3 is 0 Å². The van der Waals surface area contributed by atoms with Gasteiger partial charge in [0.25, 0.3) is 10.0 Å². The number of carbonyl (C=O) groups excluding carboxylic acids is 2. The maximum Gasteiger partial charge on any atom is 0.264 e. The summed E-state index contributed by atoms with van der Waals surface area (Å²) in [5, 5.41) is 3.02. The third kappa shape index (κ3) is 8.57. The van der Waals surface area contributed by atoms with Crippen molar-refractivity contribution in [2.45, 2.75) is 51.6 Å². The van der Waals surface area contributed by atoms with Crippen molar-refractivity contribution in [3.05, 3.63) is 131 Å². The number of carbonyl (C=O) groups is 2. The molecule has 230 valence electrons. The van der Waals surface area contributed by atoms with Crippen LogP contribution < -0.4 is 9.62 Å². The van der Waals surface area contributed by atoms with Gasteiger partial charge in [0.05, 0.1) is 10.6 Å². The molecule has 44 heavy (non-hydrogen) atoms. The average Bonchev–Trinajstić information content (AvgIpc) is 3.01. The molecule has 2 amide bonds. The van der Waals surface area contributed by atoms with Crippen molar-refractivity contribution in [1.82, 2.24) is 10.2 Å². The van der Waals surface area contributed by atoms with Crippen molar-refractivity contribution in [2.24, 2.45) is 5.92 Å². The van der Waals surface area contributed by atoms with E-state index in [1.165, 1.54) is 17.0 Å². The van der Waals surface area contributed by atoms with Crippen LogP contribution in [-0.4, -0.2) is 44.3 Å². The van der Waals surface area contributed by atoms with Crippen molar-refractivity contribution < 1.29 is 18.0 Å². The molecule has 0 aliphatic carbocycles. The molecule has 1 unspecified atom stereocenters. The van der Waals surface area contributed by atoms with E-state index >= 15 is 0 Å². The number of hydrogen-bond donors (Lipinski definition) is 1. The van der Waals surface area contributed by atoms with E-state index in [4.69, 9.17) is 0 Å². The first-order valence-corrected chi connectivity index (χ1v) is 16.3. The van der Waals surface area contributed by atoms with E-state index in [0.29, 0.717) is 12.2 Å². The molecule has 4 rings (SSSR count). The predicted molar refractivity (Wildman–Crippen MR) is 176 cm³/mol. The van der Waals surface area contributed by atoms with Crippen LogP contribution in [0.5, 0.6) is 0 Å². The second-order valence-electron chi connectivity index (χ2n) is 11.5. The number of anilines is 1. The van der Waals surface area contributed by atoms with Crippen LogP contribution in [0.15, 0.2) is 114 Å². The van der Waals surface area contributed by atoms with Crippen LogP contribution in [0.2, 0.25) is 0 Å². The van der Waals surface area contributed by atoms with Gasteiger partial charge in [-0.15, -0.1) is 0 Å². The van der Waals surface area contributed by atoms with Gasteiger partial charge in [-0.3, -0.25) is 13.9 Å². The van der Waals surface area contributed by atoms with E-state index in [2.05, 4.69) is 5.32 Å². The standard InChI is InChI=1S/C36H41N3O4S/c1-27(2)24-37-36(41)34(23-30-13-7-5-8-14-30)38(25-31-15-11-12-29(4)22-31)35(40)26-39(32-20-18-28(3)19-21-32)44(42,43)33-16-9-6-10-17-33/h5-22,27,34H,23-26H2,1-4H3,(H,37,41). The molecule has 0 bridgehead atoms. The number of rotatable bonds is 13. The molecule has 0 radical (unpaired) electrons. The summed E-state index contributed by atoms with van der Waals surface area (Å²) in [7, 11) is -4.12. The van der Waals surface area contributed by atoms with Crippen molar-refractivity contribution in [1.29, 1.82) is 0 Å². The van der Waals surface area contributed by atoms with Gasteiger partial charge in [0.15, 0.2) is 0 Å². The second kappa shape index (κ2) is 14.8. The van der Waals surface area contributed by atoms with Crippen molar-refractivity contribution in [2.75, 3.05) is 17.4 Å². The number of aryl methyl sites for hydroxylation is 2. The molecule has 4 aromatic carbocycles. The molecule has 4 aromatic rings. The van der Waals surface area contributed by atoms with Crippen LogP contribution in [0, 0.1) is 19.8 Å². The SMILES string of the molecule is Cc1ccc(N(CC(=O)N(Cc2cccc(C)c2)C(Cc2ccccc2)C(=O)NCC(C)C)S(=O)(=O)c2ccccc2)cc1. The van der Waals surface area contributed by atoms with Gasteiger partial charge in [-0.05, 0) is 55.2 Å². The topological polar surface area (TPSA) is 86.8 Å². The zero-order chi connectivity index (χ0) is 31.7. The first kappa shape index (κ1) is 32.5. The highest BCUT2D eigenvalue weighted by molar-refractivity contribution is 7.92. The third-order valence-corrected chi connectivity index (χ3v) is 9.11. The van der Waals surface area contributed by atoms with Crippen LogP contribution >= 0.6 is 0 Å². The average molecular weight is 612 g/mol. The monoisotopic (exact) mass is 611 g/mol. The Morgan fingerprint density at radius 1 is 0.750 bits per heavy atom. The number of amides is 2. The zero-order valence-electron chi connectivity index (χ0n) is 25.8. The summed E-state index contributed by atoms with van der Waals surface area (Å²) >= 11 is 0. The maximum absolute atomic E-state index is 14.5. The molecule has 0 saturated carbocycles. The smallest absolute Gasteiger partial charge is 0.264 e. The van der Waals surface area contributed by atoms with Crippen LogP contribution in [0.1, 0.15) is 36.1 Å². The molecule has 0 saturated heterocycles. The minimum atomic E-state index is -4.12. The summed E-state index contributed by atoms with van der Waals surface area (Å²) in [6.45, 7) is 8.02.